The number of morpholine rings is 1. The Morgan fingerprint density at radius 1 is 1.13 bits per heavy atom. The third-order valence-electron chi connectivity index (χ3n) is 4.98. The lowest BCUT2D eigenvalue weighted by Gasteiger charge is -2.27. The van der Waals surface area contributed by atoms with E-state index in [1.807, 2.05) is 19.1 Å². The summed E-state index contributed by atoms with van der Waals surface area (Å²) in [6, 6.07) is 10.9. The summed E-state index contributed by atoms with van der Waals surface area (Å²) in [6.45, 7) is 3.99. The molecule has 1 saturated heterocycles. The fourth-order valence-electron chi connectivity index (χ4n) is 3.43. The first-order chi connectivity index (χ1) is 14.5. The zero-order chi connectivity index (χ0) is 21.1. The summed E-state index contributed by atoms with van der Waals surface area (Å²) in [4.78, 5) is 34.8. The van der Waals surface area contributed by atoms with Gasteiger partial charge in [-0.1, -0.05) is 12.1 Å². The van der Waals surface area contributed by atoms with Gasteiger partial charge in [-0.2, -0.15) is 0 Å². The summed E-state index contributed by atoms with van der Waals surface area (Å²) in [7, 11) is 0. The quantitative estimate of drug-likeness (QED) is 0.671. The number of hydrogen-bond donors (Lipinski definition) is 2. The van der Waals surface area contributed by atoms with Crippen molar-refractivity contribution in [3.8, 4) is 0 Å². The first-order valence-electron chi connectivity index (χ1n) is 9.72. The molecule has 0 aliphatic carbocycles. The molecule has 4 rings (SSSR count). The molecule has 2 aromatic heterocycles. The summed E-state index contributed by atoms with van der Waals surface area (Å²) >= 11 is 0. The maximum atomic E-state index is 13.2. The Kier molecular flexibility index (Phi) is 5.58. The van der Waals surface area contributed by atoms with Gasteiger partial charge in [0.1, 0.15) is 0 Å². The Hall–Kier alpha value is -3.52. The largest absolute Gasteiger partial charge is 0.481 e. The van der Waals surface area contributed by atoms with E-state index in [-0.39, 0.29) is 12.3 Å². The normalized spacial score (nSPS) is 14.0. The maximum absolute atomic E-state index is 13.2. The Morgan fingerprint density at radius 2 is 1.87 bits per heavy atom. The van der Waals surface area contributed by atoms with Crippen LogP contribution in [0.3, 0.4) is 0 Å². The Labute approximate surface area is 173 Å². The molecule has 3 aromatic rings. The molecule has 8 nitrogen and oxygen atoms in total. The number of benzene rings is 1. The highest BCUT2D eigenvalue weighted by Crippen LogP contribution is 2.30. The number of aliphatic carboxylic acids is 1. The van der Waals surface area contributed by atoms with Crippen LogP contribution in [0, 0.1) is 6.92 Å². The number of ether oxygens (including phenoxy) is 1. The summed E-state index contributed by atoms with van der Waals surface area (Å²) in [5, 5.41) is 13.0. The van der Waals surface area contributed by atoms with E-state index < -0.39 is 5.97 Å². The molecule has 30 heavy (non-hydrogen) atoms. The molecule has 1 aliphatic rings. The lowest BCUT2D eigenvalue weighted by atomic mass is 10.1. The lowest BCUT2D eigenvalue weighted by molar-refractivity contribution is -0.136. The topological polar surface area (TPSA) is 105 Å². The second-order valence-electron chi connectivity index (χ2n) is 7.17. The third-order valence-corrected chi connectivity index (χ3v) is 4.98. The third kappa shape index (κ3) is 4.23. The first kappa shape index (κ1) is 19.8. The molecule has 0 radical (unpaired) electrons. The lowest BCUT2D eigenvalue weighted by Crippen LogP contribution is -2.41. The van der Waals surface area contributed by atoms with Gasteiger partial charge < -0.3 is 20.1 Å². The van der Waals surface area contributed by atoms with Crippen LogP contribution in [0.1, 0.15) is 21.6 Å². The number of carbonyl (C=O) groups excluding carboxylic acids is 1. The smallest absolute Gasteiger partial charge is 0.307 e. The first-order valence-corrected chi connectivity index (χ1v) is 9.72. The van der Waals surface area contributed by atoms with Gasteiger partial charge in [0.05, 0.1) is 30.9 Å². The number of carboxylic acid groups (broad SMARTS) is 1. The van der Waals surface area contributed by atoms with Gasteiger partial charge in [-0.3, -0.25) is 9.59 Å². The average Bonchev–Trinajstić information content (AvgIpc) is 2.75. The molecule has 0 unspecified atom stereocenters. The van der Waals surface area contributed by atoms with Crippen LogP contribution in [0.25, 0.3) is 11.0 Å². The summed E-state index contributed by atoms with van der Waals surface area (Å²) in [5.74, 6) is -0.992. The highest BCUT2D eigenvalue weighted by atomic mass is 16.5. The SMILES string of the molecule is Cc1ccc2c(Nc3ccc(CC(=O)O)cc3)c(C(=O)N3CCOCC3)cnc2n1. The van der Waals surface area contributed by atoms with Gasteiger partial charge in [-0.25, -0.2) is 9.97 Å². The van der Waals surface area contributed by atoms with E-state index in [4.69, 9.17) is 9.84 Å². The van der Waals surface area contributed by atoms with Gasteiger partial charge in [0.15, 0.2) is 5.65 Å². The van der Waals surface area contributed by atoms with Crippen LogP contribution in [0.4, 0.5) is 11.4 Å². The van der Waals surface area contributed by atoms with Crippen molar-refractivity contribution >= 4 is 34.3 Å². The molecule has 0 atom stereocenters. The van der Waals surface area contributed by atoms with Gasteiger partial charge in [0.2, 0.25) is 0 Å². The van der Waals surface area contributed by atoms with E-state index in [0.717, 1.165) is 16.8 Å². The van der Waals surface area contributed by atoms with Crippen molar-refractivity contribution in [2.24, 2.45) is 0 Å². The van der Waals surface area contributed by atoms with Crippen molar-refractivity contribution in [3.05, 3.63) is 59.4 Å². The van der Waals surface area contributed by atoms with Crippen LogP contribution in [-0.4, -0.2) is 58.2 Å². The molecule has 1 amide bonds. The number of aromatic nitrogens is 2. The molecule has 0 bridgehead atoms. The number of rotatable bonds is 5. The highest BCUT2D eigenvalue weighted by molar-refractivity contribution is 6.07. The van der Waals surface area contributed by atoms with E-state index >= 15 is 0 Å². The van der Waals surface area contributed by atoms with Crippen molar-refractivity contribution in [2.75, 3.05) is 31.6 Å². The molecule has 8 heteroatoms. The number of aryl methyl sites for hydroxylation is 1. The van der Waals surface area contributed by atoms with E-state index in [0.29, 0.717) is 48.8 Å². The number of carboxylic acids is 1. The number of hydrogen-bond acceptors (Lipinski definition) is 6. The van der Waals surface area contributed by atoms with E-state index in [1.165, 1.54) is 0 Å². The van der Waals surface area contributed by atoms with Gasteiger partial charge in [-0.05, 0) is 36.8 Å². The predicted molar refractivity (Wildman–Crippen MR) is 112 cm³/mol. The van der Waals surface area contributed by atoms with Gasteiger partial charge >= 0.3 is 5.97 Å². The summed E-state index contributed by atoms with van der Waals surface area (Å²) in [6.07, 6.45) is 1.52. The second kappa shape index (κ2) is 8.46. The van der Waals surface area contributed by atoms with E-state index in [2.05, 4.69) is 15.3 Å². The molecular formula is C22H22N4O4. The zero-order valence-corrected chi connectivity index (χ0v) is 16.6. The number of carbonyl (C=O) groups is 2. The van der Waals surface area contributed by atoms with Gasteiger partial charge in [0.25, 0.3) is 5.91 Å². The minimum absolute atomic E-state index is 0.0393. The van der Waals surface area contributed by atoms with Crippen LogP contribution in [0.15, 0.2) is 42.6 Å². The molecule has 1 aliphatic heterocycles. The number of nitrogens with one attached hydrogen (secondary N) is 1. The Balaban J connectivity index is 1.73. The number of fused-ring (bicyclic) bond motifs is 1. The van der Waals surface area contributed by atoms with Crippen molar-refractivity contribution in [3.63, 3.8) is 0 Å². The van der Waals surface area contributed by atoms with Crippen LogP contribution in [-0.2, 0) is 16.0 Å². The monoisotopic (exact) mass is 406 g/mol. The minimum Gasteiger partial charge on any atom is -0.481 e. The van der Waals surface area contributed by atoms with Crippen LogP contribution >= 0.6 is 0 Å². The fourth-order valence-corrected chi connectivity index (χ4v) is 3.43. The molecular weight excluding hydrogens is 384 g/mol. The fraction of sp³-hybridized carbons (Fsp3) is 0.273. The van der Waals surface area contributed by atoms with Crippen molar-refractivity contribution in [1.29, 1.82) is 0 Å². The number of anilines is 2. The standard InChI is InChI=1S/C22H22N4O4/c1-14-2-7-17-20(25-16-5-3-15(4-6-16)12-19(27)28)18(13-23-21(17)24-14)22(29)26-8-10-30-11-9-26/h2-7,13H,8-12H2,1H3,(H,27,28)(H,23,24,25). The van der Waals surface area contributed by atoms with Crippen molar-refractivity contribution in [1.82, 2.24) is 14.9 Å². The molecule has 0 saturated carbocycles. The van der Waals surface area contributed by atoms with Crippen LogP contribution in [0.2, 0.25) is 0 Å². The van der Waals surface area contributed by atoms with E-state index in [9.17, 15) is 9.59 Å². The number of pyridine rings is 2. The molecule has 3 heterocycles. The van der Waals surface area contributed by atoms with Crippen LogP contribution < -0.4 is 5.32 Å². The molecule has 2 N–H and O–H groups in total. The molecule has 1 fully saturated rings. The summed E-state index contributed by atoms with van der Waals surface area (Å²) in [5.41, 5.74) is 3.94. The van der Waals surface area contributed by atoms with Crippen molar-refractivity contribution < 1.29 is 19.4 Å². The average molecular weight is 406 g/mol. The van der Waals surface area contributed by atoms with E-state index in [1.54, 1.807) is 35.4 Å². The predicted octanol–water partition coefficient (Wildman–Crippen LogP) is 2.78. The van der Waals surface area contributed by atoms with Gasteiger partial charge in [0, 0.05) is 36.1 Å². The second-order valence-corrected chi connectivity index (χ2v) is 7.17. The minimum atomic E-state index is -0.879. The summed E-state index contributed by atoms with van der Waals surface area (Å²) < 4.78 is 5.36. The van der Waals surface area contributed by atoms with Crippen LogP contribution in [0.5, 0.6) is 0 Å². The number of amides is 1. The molecule has 0 spiro atoms. The molecule has 1 aromatic carbocycles. The highest BCUT2D eigenvalue weighted by Gasteiger charge is 2.23. The molecule has 154 valence electrons. The zero-order valence-electron chi connectivity index (χ0n) is 16.6. The van der Waals surface area contributed by atoms with Gasteiger partial charge in [-0.15, -0.1) is 0 Å². The van der Waals surface area contributed by atoms with Crippen molar-refractivity contribution in [2.45, 2.75) is 13.3 Å². The Bertz CT molecular complexity index is 1090. The number of nitrogens with zero attached hydrogens (tertiary/aromatic N) is 3. The maximum Gasteiger partial charge on any atom is 0.307 e. The Morgan fingerprint density at radius 3 is 2.57 bits per heavy atom.